The Labute approximate surface area is 87.4 Å². The van der Waals surface area contributed by atoms with Gasteiger partial charge in [-0.1, -0.05) is 20.8 Å². The molecule has 0 spiro atoms. The van der Waals surface area contributed by atoms with Gasteiger partial charge < -0.3 is 5.11 Å². The monoisotopic (exact) mass is 212 g/mol. The van der Waals surface area contributed by atoms with E-state index in [0.29, 0.717) is 5.69 Å². The average Bonchev–Trinajstić information content (AvgIpc) is 2.07. The maximum absolute atomic E-state index is 11.5. The molecule has 15 heavy (non-hydrogen) atoms. The Kier molecular flexibility index (Phi) is 3.14. The van der Waals surface area contributed by atoms with E-state index in [4.69, 9.17) is 5.11 Å². The smallest absolute Gasteiger partial charge is 0.328 e. The van der Waals surface area contributed by atoms with Crippen molar-refractivity contribution in [2.24, 2.45) is 0 Å². The molecule has 5 nitrogen and oxygen atoms in total. The summed E-state index contributed by atoms with van der Waals surface area (Å²) >= 11 is 0. The summed E-state index contributed by atoms with van der Waals surface area (Å²) in [5, 5.41) is 8.85. The highest BCUT2D eigenvalue weighted by Crippen LogP contribution is 2.19. The minimum absolute atomic E-state index is 0.130. The number of rotatable bonds is 2. The van der Waals surface area contributed by atoms with Crippen LogP contribution >= 0.6 is 0 Å². The van der Waals surface area contributed by atoms with E-state index in [1.165, 1.54) is 10.6 Å². The first kappa shape index (κ1) is 11.7. The molecule has 0 radical (unpaired) electrons. The van der Waals surface area contributed by atoms with E-state index in [0.717, 1.165) is 0 Å². The lowest BCUT2D eigenvalue weighted by molar-refractivity contribution is 0.268. The molecule has 0 bridgehead atoms. The number of aromatic amines is 1. The third-order valence-corrected chi connectivity index (χ3v) is 2.13. The fraction of sp³-hybridized carbons (Fsp3) is 0.600. The second-order valence-electron chi connectivity index (χ2n) is 4.45. The van der Waals surface area contributed by atoms with Crippen molar-refractivity contribution in [1.29, 1.82) is 0 Å². The largest absolute Gasteiger partial charge is 0.395 e. The minimum atomic E-state index is -0.471. The summed E-state index contributed by atoms with van der Waals surface area (Å²) in [7, 11) is 0. The molecule has 1 heterocycles. The van der Waals surface area contributed by atoms with Crippen molar-refractivity contribution >= 4 is 0 Å². The van der Waals surface area contributed by atoms with Crippen LogP contribution < -0.4 is 11.2 Å². The maximum Gasteiger partial charge on any atom is 0.328 e. The van der Waals surface area contributed by atoms with E-state index >= 15 is 0 Å². The van der Waals surface area contributed by atoms with Crippen LogP contribution in [0, 0.1) is 0 Å². The summed E-state index contributed by atoms with van der Waals surface area (Å²) in [4.78, 5) is 24.9. The Morgan fingerprint density at radius 1 is 1.40 bits per heavy atom. The van der Waals surface area contributed by atoms with Gasteiger partial charge in [0, 0.05) is 17.2 Å². The van der Waals surface area contributed by atoms with E-state index < -0.39 is 11.2 Å². The minimum Gasteiger partial charge on any atom is -0.395 e. The van der Waals surface area contributed by atoms with Crippen LogP contribution in [0.4, 0.5) is 0 Å². The van der Waals surface area contributed by atoms with E-state index in [1.807, 2.05) is 20.8 Å². The molecule has 0 aromatic carbocycles. The number of nitrogens with one attached hydrogen (secondary N) is 1. The quantitative estimate of drug-likeness (QED) is 0.714. The zero-order valence-corrected chi connectivity index (χ0v) is 9.20. The van der Waals surface area contributed by atoms with Gasteiger partial charge in [-0.25, -0.2) is 4.79 Å². The van der Waals surface area contributed by atoms with Crippen LogP contribution in [0.15, 0.2) is 15.7 Å². The van der Waals surface area contributed by atoms with Gasteiger partial charge in [0.1, 0.15) is 0 Å². The van der Waals surface area contributed by atoms with Crippen LogP contribution in [0.3, 0.4) is 0 Å². The van der Waals surface area contributed by atoms with Gasteiger partial charge in [-0.15, -0.1) is 0 Å². The number of nitrogens with zero attached hydrogens (tertiary/aromatic N) is 1. The molecule has 1 aromatic rings. The summed E-state index contributed by atoms with van der Waals surface area (Å²) in [6, 6.07) is 1.40. The maximum atomic E-state index is 11.5. The fourth-order valence-corrected chi connectivity index (χ4v) is 1.46. The fourth-order valence-electron chi connectivity index (χ4n) is 1.46. The van der Waals surface area contributed by atoms with E-state index in [1.54, 1.807) is 0 Å². The molecule has 0 aliphatic rings. The Morgan fingerprint density at radius 3 is 2.47 bits per heavy atom. The predicted molar refractivity (Wildman–Crippen MR) is 57.1 cm³/mol. The number of aliphatic hydroxyl groups is 1. The third-order valence-electron chi connectivity index (χ3n) is 2.13. The Morgan fingerprint density at radius 2 is 2.00 bits per heavy atom. The highest BCUT2D eigenvalue weighted by molar-refractivity contribution is 5.12. The first-order valence-electron chi connectivity index (χ1n) is 4.82. The van der Waals surface area contributed by atoms with Crippen molar-refractivity contribution in [2.45, 2.75) is 32.7 Å². The molecular formula is C10H16N2O3. The van der Waals surface area contributed by atoms with Crippen LogP contribution in [-0.2, 0) is 12.0 Å². The molecule has 0 aliphatic carbocycles. The highest BCUT2D eigenvalue weighted by Gasteiger charge is 2.19. The Bertz CT molecular complexity index is 451. The van der Waals surface area contributed by atoms with E-state index in [2.05, 4.69) is 4.98 Å². The molecule has 0 unspecified atom stereocenters. The van der Waals surface area contributed by atoms with Crippen LogP contribution in [-0.4, -0.2) is 21.3 Å². The number of aromatic nitrogens is 2. The van der Waals surface area contributed by atoms with E-state index in [9.17, 15) is 9.59 Å². The first-order valence-corrected chi connectivity index (χ1v) is 4.82. The molecule has 0 aliphatic heterocycles. The molecule has 0 amide bonds. The molecule has 84 valence electrons. The van der Waals surface area contributed by atoms with Crippen molar-refractivity contribution in [1.82, 2.24) is 9.55 Å². The molecule has 0 saturated heterocycles. The van der Waals surface area contributed by atoms with Crippen molar-refractivity contribution in [3.8, 4) is 0 Å². The van der Waals surface area contributed by atoms with Crippen LogP contribution in [0.25, 0.3) is 0 Å². The second kappa shape index (κ2) is 4.02. The average molecular weight is 212 g/mol. The number of aliphatic hydroxyl groups excluding tert-OH is 1. The molecule has 2 N–H and O–H groups in total. The molecule has 1 aromatic heterocycles. The normalized spacial score (nSPS) is 11.7. The van der Waals surface area contributed by atoms with Crippen molar-refractivity contribution in [3.63, 3.8) is 0 Å². The Balaban J connectivity index is 3.47. The van der Waals surface area contributed by atoms with Crippen LogP contribution in [0.5, 0.6) is 0 Å². The molecule has 5 heteroatoms. The molecule has 0 fully saturated rings. The summed E-state index contributed by atoms with van der Waals surface area (Å²) in [6.45, 7) is 5.80. The zero-order chi connectivity index (χ0) is 11.6. The van der Waals surface area contributed by atoms with Gasteiger partial charge in [0.2, 0.25) is 0 Å². The summed E-state index contributed by atoms with van der Waals surface area (Å²) in [6.07, 6.45) is 0. The molecular weight excluding hydrogens is 196 g/mol. The van der Waals surface area contributed by atoms with Gasteiger partial charge in [0.15, 0.2) is 0 Å². The van der Waals surface area contributed by atoms with Crippen LogP contribution in [0.1, 0.15) is 26.5 Å². The topological polar surface area (TPSA) is 75.1 Å². The van der Waals surface area contributed by atoms with Gasteiger partial charge in [-0.05, 0) is 0 Å². The number of H-pyrrole nitrogens is 1. The lowest BCUT2D eigenvalue weighted by Gasteiger charge is -2.22. The van der Waals surface area contributed by atoms with Crippen LogP contribution in [0.2, 0.25) is 0 Å². The van der Waals surface area contributed by atoms with Gasteiger partial charge >= 0.3 is 5.69 Å². The lowest BCUT2D eigenvalue weighted by Crippen LogP contribution is -2.36. The van der Waals surface area contributed by atoms with Gasteiger partial charge in [-0.2, -0.15) is 0 Å². The summed E-state index contributed by atoms with van der Waals surface area (Å²) < 4.78 is 1.39. The Hall–Kier alpha value is -1.36. The SMILES string of the molecule is CC(C)(C)c1cc(=O)[nH]c(=O)n1CCO. The number of hydrogen-bond acceptors (Lipinski definition) is 3. The lowest BCUT2D eigenvalue weighted by atomic mass is 9.91. The van der Waals surface area contributed by atoms with Crippen molar-refractivity contribution in [2.75, 3.05) is 6.61 Å². The predicted octanol–water partition coefficient (Wildman–Crippen LogP) is -0.174. The summed E-state index contributed by atoms with van der Waals surface area (Å²) in [5.74, 6) is 0. The summed E-state index contributed by atoms with van der Waals surface area (Å²) in [5.41, 5.74) is -0.548. The van der Waals surface area contributed by atoms with Gasteiger partial charge in [0.05, 0.1) is 13.2 Å². The highest BCUT2D eigenvalue weighted by atomic mass is 16.3. The molecule has 0 atom stereocenters. The molecule has 1 rings (SSSR count). The number of hydrogen-bond donors (Lipinski definition) is 2. The standard InChI is InChI=1S/C10H16N2O3/c1-10(2,3)7-6-8(14)11-9(15)12(7)4-5-13/h6,13H,4-5H2,1-3H3,(H,11,14,15). The third kappa shape index (κ3) is 2.56. The van der Waals surface area contributed by atoms with E-state index in [-0.39, 0.29) is 18.6 Å². The van der Waals surface area contributed by atoms with Gasteiger partial charge in [0.25, 0.3) is 5.56 Å². The van der Waals surface area contributed by atoms with Crippen molar-refractivity contribution < 1.29 is 5.11 Å². The zero-order valence-electron chi connectivity index (χ0n) is 9.20. The van der Waals surface area contributed by atoms with Crippen molar-refractivity contribution in [3.05, 3.63) is 32.6 Å². The first-order chi connectivity index (χ1) is 6.86. The van der Waals surface area contributed by atoms with Gasteiger partial charge in [-0.3, -0.25) is 14.3 Å². The molecule has 0 saturated carbocycles. The second-order valence-corrected chi connectivity index (χ2v) is 4.45.